The van der Waals surface area contributed by atoms with Gasteiger partial charge in [0.05, 0.1) is 18.5 Å². The van der Waals surface area contributed by atoms with E-state index >= 15 is 0 Å². The summed E-state index contributed by atoms with van der Waals surface area (Å²) in [6, 6.07) is 11.1. The standard InChI is InChI=1S/C19H20ClN3O2/c20-15-6-3-5-14(11-15)16-12-17(18-7-4-10-25-18)23(21-16)19(24)13-22-8-1-2-9-22/h3-7,10-11,17H,1-2,8-9,12-13H2/t17-/m0/s1. The lowest BCUT2D eigenvalue weighted by Gasteiger charge is -2.22. The van der Waals surface area contributed by atoms with Crippen LogP contribution >= 0.6 is 11.6 Å². The highest BCUT2D eigenvalue weighted by Crippen LogP contribution is 2.33. The van der Waals surface area contributed by atoms with Crippen LogP contribution in [0.1, 0.15) is 36.6 Å². The van der Waals surface area contributed by atoms with Crippen LogP contribution < -0.4 is 0 Å². The van der Waals surface area contributed by atoms with Crippen LogP contribution in [0.25, 0.3) is 0 Å². The molecule has 5 nitrogen and oxygen atoms in total. The van der Waals surface area contributed by atoms with Crippen molar-refractivity contribution >= 4 is 23.2 Å². The monoisotopic (exact) mass is 357 g/mol. The fraction of sp³-hybridized carbons (Fsp3) is 0.368. The summed E-state index contributed by atoms with van der Waals surface area (Å²) in [6.45, 7) is 2.37. The van der Waals surface area contributed by atoms with Crippen molar-refractivity contribution in [3.63, 3.8) is 0 Å². The fourth-order valence-corrected chi connectivity index (χ4v) is 3.68. The SMILES string of the molecule is O=C(CN1CCCC1)N1N=C(c2cccc(Cl)c2)C[C@H]1c1ccco1. The van der Waals surface area contributed by atoms with Gasteiger partial charge >= 0.3 is 0 Å². The third-order valence-corrected chi connectivity index (χ3v) is 4.99. The highest BCUT2D eigenvalue weighted by atomic mass is 35.5. The normalized spacial score (nSPS) is 20.9. The van der Waals surface area contributed by atoms with Gasteiger partial charge in [-0.15, -0.1) is 0 Å². The van der Waals surface area contributed by atoms with E-state index in [4.69, 9.17) is 16.0 Å². The van der Waals surface area contributed by atoms with Crippen molar-refractivity contribution in [1.29, 1.82) is 0 Å². The highest BCUT2D eigenvalue weighted by Gasteiger charge is 2.35. The van der Waals surface area contributed by atoms with Gasteiger partial charge in [-0.05, 0) is 55.8 Å². The highest BCUT2D eigenvalue weighted by molar-refractivity contribution is 6.31. The molecule has 0 aliphatic carbocycles. The molecule has 0 radical (unpaired) electrons. The Morgan fingerprint density at radius 1 is 1.24 bits per heavy atom. The number of amides is 1. The molecule has 1 aromatic carbocycles. The van der Waals surface area contributed by atoms with Gasteiger partial charge in [-0.3, -0.25) is 9.69 Å². The van der Waals surface area contributed by atoms with E-state index in [1.165, 1.54) is 0 Å². The van der Waals surface area contributed by atoms with Crippen molar-refractivity contribution in [3.8, 4) is 0 Å². The molecule has 0 bridgehead atoms. The number of rotatable bonds is 4. The number of likely N-dealkylation sites (tertiary alicyclic amines) is 1. The summed E-state index contributed by atoms with van der Waals surface area (Å²) in [7, 11) is 0. The largest absolute Gasteiger partial charge is 0.467 e. The van der Waals surface area contributed by atoms with E-state index in [1.54, 1.807) is 11.3 Å². The summed E-state index contributed by atoms with van der Waals surface area (Å²) in [4.78, 5) is 15.0. The summed E-state index contributed by atoms with van der Waals surface area (Å²) in [6.07, 6.45) is 4.58. The Kier molecular flexibility index (Phi) is 4.59. The molecule has 0 spiro atoms. The van der Waals surface area contributed by atoms with Crippen molar-refractivity contribution in [3.05, 3.63) is 59.0 Å². The summed E-state index contributed by atoms with van der Waals surface area (Å²) >= 11 is 6.11. The van der Waals surface area contributed by atoms with Crippen molar-refractivity contribution in [2.24, 2.45) is 5.10 Å². The molecule has 25 heavy (non-hydrogen) atoms. The van der Waals surface area contributed by atoms with E-state index in [1.807, 2.05) is 36.4 Å². The summed E-state index contributed by atoms with van der Waals surface area (Å²) < 4.78 is 5.57. The van der Waals surface area contributed by atoms with Crippen LogP contribution in [-0.4, -0.2) is 41.2 Å². The second-order valence-corrected chi connectivity index (χ2v) is 6.95. The van der Waals surface area contributed by atoms with Gasteiger partial charge in [0.2, 0.25) is 0 Å². The lowest BCUT2D eigenvalue weighted by Crippen LogP contribution is -2.36. The van der Waals surface area contributed by atoms with Crippen LogP contribution in [0.15, 0.2) is 52.2 Å². The molecule has 1 aromatic heterocycles. The number of halogens is 1. The van der Waals surface area contributed by atoms with Gasteiger partial charge in [-0.25, -0.2) is 5.01 Å². The Morgan fingerprint density at radius 2 is 2.08 bits per heavy atom. The zero-order chi connectivity index (χ0) is 17.2. The van der Waals surface area contributed by atoms with Gasteiger partial charge in [0.15, 0.2) is 0 Å². The lowest BCUT2D eigenvalue weighted by atomic mass is 10.0. The maximum Gasteiger partial charge on any atom is 0.257 e. The Balaban J connectivity index is 1.60. The maximum atomic E-state index is 12.9. The third kappa shape index (κ3) is 3.48. The molecule has 2 aromatic rings. The number of hydrazone groups is 1. The van der Waals surface area contributed by atoms with Gasteiger partial charge in [0.1, 0.15) is 11.8 Å². The van der Waals surface area contributed by atoms with Crippen molar-refractivity contribution in [2.45, 2.75) is 25.3 Å². The Morgan fingerprint density at radius 3 is 2.80 bits per heavy atom. The van der Waals surface area contributed by atoms with E-state index in [0.29, 0.717) is 18.0 Å². The van der Waals surface area contributed by atoms with Crippen LogP contribution in [0.4, 0.5) is 0 Å². The predicted molar refractivity (Wildman–Crippen MR) is 96.6 cm³/mol. The summed E-state index contributed by atoms with van der Waals surface area (Å²) in [5, 5.41) is 6.89. The van der Waals surface area contributed by atoms with E-state index < -0.39 is 0 Å². The molecule has 1 atom stereocenters. The molecule has 0 saturated carbocycles. The van der Waals surface area contributed by atoms with Crippen LogP contribution in [0.3, 0.4) is 0 Å². The van der Waals surface area contributed by atoms with E-state index in [-0.39, 0.29) is 11.9 Å². The average molecular weight is 358 g/mol. The molecule has 6 heteroatoms. The summed E-state index contributed by atoms with van der Waals surface area (Å²) in [5.41, 5.74) is 1.80. The van der Waals surface area contributed by atoms with Crippen molar-refractivity contribution < 1.29 is 9.21 Å². The predicted octanol–water partition coefficient (Wildman–Crippen LogP) is 3.71. The summed E-state index contributed by atoms with van der Waals surface area (Å²) in [5.74, 6) is 0.774. The minimum atomic E-state index is -0.195. The third-order valence-electron chi connectivity index (χ3n) is 4.75. The van der Waals surface area contributed by atoms with Gasteiger partial charge in [0.25, 0.3) is 5.91 Å². The molecule has 1 saturated heterocycles. The van der Waals surface area contributed by atoms with Crippen molar-refractivity contribution in [1.82, 2.24) is 9.91 Å². The zero-order valence-electron chi connectivity index (χ0n) is 13.9. The second-order valence-electron chi connectivity index (χ2n) is 6.51. The number of benzene rings is 1. The average Bonchev–Trinajstić information content (AvgIpc) is 3.35. The molecule has 1 amide bonds. The first-order valence-electron chi connectivity index (χ1n) is 8.62. The quantitative estimate of drug-likeness (QED) is 0.838. The first-order valence-corrected chi connectivity index (χ1v) is 9.00. The smallest absolute Gasteiger partial charge is 0.257 e. The Bertz CT molecular complexity index is 782. The topological polar surface area (TPSA) is 49.1 Å². The minimum Gasteiger partial charge on any atom is -0.467 e. The van der Waals surface area contributed by atoms with Crippen LogP contribution in [0.5, 0.6) is 0 Å². The molecule has 130 valence electrons. The molecular weight excluding hydrogens is 338 g/mol. The number of hydrogen-bond donors (Lipinski definition) is 0. The molecule has 2 aliphatic rings. The van der Waals surface area contributed by atoms with Crippen LogP contribution in [0.2, 0.25) is 5.02 Å². The molecule has 2 aliphatic heterocycles. The number of carbonyl (C=O) groups excluding carboxylic acids is 1. The minimum absolute atomic E-state index is 0.0142. The number of hydrogen-bond acceptors (Lipinski definition) is 4. The van der Waals surface area contributed by atoms with Crippen molar-refractivity contribution in [2.75, 3.05) is 19.6 Å². The molecule has 1 fully saturated rings. The maximum absolute atomic E-state index is 12.9. The second kappa shape index (κ2) is 7.02. The first kappa shape index (κ1) is 16.4. The Labute approximate surface area is 151 Å². The lowest BCUT2D eigenvalue weighted by molar-refractivity contribution is -0.134. The number of furan rings is 1. The van der Waals surface area contributed by atoms with Crippen LogP contribution in [-0.2, 0) is 4.79 Å². The Hall–Kier alpha value is -2.11. The molecule has 0 unspecified atom stereocenters. The molecule has 0 N–H and O–H groups in total. The first-order chi connectivity index (χ1) is 12.2. The molecule has 3 heterocycles. The zero-order valence-corrected chi connectivity index (χ0v) is 14.7. The fourth-order valence-electron chi connectivity index (χ4n) is 3.49. The van der Waals surface area contributed by atoms with Crippen LogP contribution in [0, 0.1) is 0 Å². The van der Waals surface area contributed by atoms with E-state index in [9.17, 15) is 4.79 Å². The molecule has 4 rings (SSSR count). The van der Waals surface area contributed by atoms with Gasteiger partial charge in [-0.1, -0.05) is 23.7 Å². The van der Waals surface area contributed by atoms with E-state index in [0.717, 1.165) is 43.0 Å². The van der Waals surface area contributed by atoms with E-state index in [2.05, 4.69) is 10.0 Å². The van der Waals surface area contributed by atoms with Gasteiger partial charge in [0, 0.05) is 11.4 Å². The van der Waals surface area contributed by atoms with Gasteiger partial charge in [-0.2, -0.15) is 5.10 Å². The number of carbonyl (C=O) groups is 1. The number of nitrogens with zero attached hydrogens (tertiary/aromatic N) is 3. The molecular formula is C19H20ClN3O2. The van der Waals surface area contributed by atoms with Gasteiger partial charge < -0.3 is 4.42 Å².